The van der Waals surface area contributed by atoms with E-state index in [0.717, 1.165) is 6.07 Å². The summed E-state index contributed by atoms with van der Waals surface area (Å²) in [7, 11) is 0. The van der Waals surface area contributed by atoms with Gasteiger partial charge < -0.3 is 4.74 Å². The third kappa shape index (κ3) is 2.73. The molecule has 0 N–H and O–H groups in total. The predicted molar refractivity (Wildman–Crippen MR) is 62.8 cm³/mol. The number of aromatic nitrogens is 2. The number of aryl methyl sites for hydroxylation is 1. The topological polar surface area (TPSA) is 35.0 Å². The smallest absolute Gasteiger partial charge is 0.322 e. The van der Waals surface area contributed by atoms with E-state index < -0.39 is 11.6 Å². The van der Waals surface area contributed by atoms with Crippen LogP contribution in [0.1, 0.15) is 11.4 Å². The Morgan fingerprint density at radius 2 is 2.06 bits per heavy atom. The number of halogens is 3. The Kier molecular flexibility index (Phi) is 3.72. The SMILES string of the molecule is Cc1cc(CCl)nc(Oc2cccc(F)c2F)n1. The Hall–Kier alpha value is -1.75. The summed E-state index contributed by atoms with van der Waals surface area (Å²) in [5.41, 5.74) is 1.18. The molecule has 1 aromatic carbocycles. The molecule has 0 bridgehead atoms. The first-order valence-corrected chi connectivity index (χ1v) is 5.66. The molecule has 0 aliphatic heterocycles. The summed E-state index contributed by atoms with van der Waals surface area (Å²) >= 11 is 5.65. The van der Waals surface area contributed by atoms with Crippen molar-refractivity contribution in [2.75, 3.05) is 0 Å². The van der Waals surface area contributed by atoms with Gasteiger partial charge in [0.25, 0.3) is 0 Å². The average molecular weight is 271 g/mol. The minimum absolute atomic E-state index is 0.0600. The van der Waals surface area contributed by atoms with E-state index in [-0.39, 0.29) is 17.6 Å². The highest BCUT2D eigenvalue weighted by Crippen LogP contribution is 2.24. The Bertz CT molecular complexity index is 578. The highest BCUT2D eigenvalue weighted by atomic mass is 35.5. The van der Waals surface area contributed by atoms with Gasteiger partial charge in [0.1, 0.15) is 0 Å². The largest absolute Gasteiger partial charge is 0.421 e. The van der Waals surface area contributed by atoms with E-state index in [0.29, 0.717) is 11.4 Å². The maximum Gasteiger partial charge on any atom is 0.322 e. The van der Waals surface area contributed by atoms with Crippen LogP contribution >= 0.6 is 11.6 Å². The molecule has 6 heteroatoms. The minimum atomic E-state index is -1.07. The van der Waals surface area contributed by atoms with E-state index in [1.165, 1.54) is 12.1 Å². The van der Waals surface area contributed by atoms with Gasteiger partial charge in [-0.2, -0.15) is 9.37 Å². The van der Waals surface area contributed by atoms with Crippen LogP contribution in [-0.4, -0.2) is 9.97 Å². The normalized spacial score (nSPS) is 10.4. The van der Waals surface area contributed by atoms with Gasteiger partial charge in [0.2, 0.25) is 5.82 Å². The summed E-state index contributed by atoms with van der Waals surface area (Å²) in [5, 5.41) is 0. The van der Waals surface area contributed by atoms with Crippen LogP contribution in [0, 0.1) is 18.6 Å². The summed E-state index contributed by atoms with van der Waals surface area (Å²) in [6.45, 7) is 1.73. The fourth-order valence-corrected chi connectivity index (χ4v) is 1.52. The lowest BCUT2D eigenvalue weighted by molar-refractivity contribution is 0.391. The molecular weight excluding hydrogens is 262 g/mol. The van der Waals surface area contributed by atoms with E-state index in [2.05, 4.69) is 9.97 Å². The van der Waals surface area contributed by atoms with Crippen molar-refractivity contribution < 1.29 is 13.5 Å². The zero-order valence-corrected chi connectivity index (χ0v) is 10.2. The van der Waals surface area contributed by atoms with Crippen LogP contribution in [0.4, 0.5) is 8.78 Å². The van der Waals surface area contributed by atoms with Crippen LogP contribution < -0.4 is 4.74 Å². The highest BCUT2D eigenvalue weighted by Gasteiger charge is 2.11. The summed E-state index contributed by atoms with van der Waals surface area (Å²) in [6.07, 6.45) is 0. The number of hydrogen-bond donors (Lipinski definition) is 0. The van der Waals surface area contributed by atoms with Crippen LogP contribution in [0.5, 0.6) is 11.8 Å². The Morgan fingerprint density at radius 1 is 1.28 bits per heavy atom. The number of benzene rings is 1. The van der Waals surface area contributed by atoms with E-state index in [4.69, 9.17) is 16.3 Å². The van der Waals surface area contributed by atoms with Crippen LogP contribution in [-0.2, 0) is 5.88 Å². The van der Waals surface area contributed by atoms with Crippen molar-refractivity contribution in [2.45, 2.75) is 12.8 Å². The van der Waals surface area contributed by atoms with Gasteiger partial charge in [-0.3, -0.25) is 0 Å². The van der Waals surface area contributed by atoms with Crippen LogP contribution in [0.2, 0.25) is 0 Å². The van der Waals surface area contributed by atoms with Crippen molar-refractivity contribution in [3.63, 3.8) is 0 Å². The molecule has 3 nitrogen and oxygen atoms in total. The average Bonchev–Trinajstić information content (AvgIpc) is 2.34. The molecule has 0 unspecified atom stereocenters. The molecule has 94 valence electrons. The number of nitrogens with zero attached hydrogens (tertiary/aromatic N) is 2. The second-order valence-corrected chi connectivity index (χ2v) is 3.84. The third-order valence-electron chi connectivity index (χ3n) is 2.14. The molecule has 18 heavy (non-hydrogen) atoms. The molecule has 0 radical (unpaired) electrons. The van der Waals surface area contributed by atoms with Gasteiger partial charge in [0.15, 0.2) is 11.6 Å². The Balaban J connectivity index is 2.34. The summed E-state index contributed by atoms with van der Waals surface area (Å²) in [6, 6.07) is 5.26. The van der Waals surface area contributed by atoms with Crippen LogP contribution in [0.25, 0.3) is 0 Å². The van der Waals surface area contributed by atoms with Crippen LogP contribution in [0.15, 0.2) is 24.3 Å². The molecular formula is C12H9ClF2N2O. The molecule has 0 spiro atoms. The number of alkyl halides is 1. The molecule has 0 aliphatic rings. The van der Waals surface area contributed by atoms with Gasteiger partial charge in [-0.1, -0.05) is 6.07 Å². The minimum Gasteiger partial charge on any atom is -0.421 e. The van der Waals surface area contributed by atoms with E-state index >= 15 is 0 Å². The number of rotatable bonds is 3. The molecule has 0 aliphatic carbocycles. The fraction of sp³-hybridized carbons (Fsp3) is 0.167. The first-order chi connectivity index (χ1) is 8.60. The zero-order valence-electron chi connectivity index (χ0n) is 9.45. The number of hydrogen-bond acceptors (Lipinski definition) is 3. The summed E-state index contributed by atoms with van der Waals surface area (Å²) < 4.78 is 31.5. The second-order valence-electron chi connectivity index (χ2n) is 3.57. The summed E-state index contributed by atoms with van der Waals surface area (Å²) in [5.74, 6) is -2.14. The third-order valence-corrected chi connectivity index (χ3v) is 2.41. The van der Waals surface area contributed by atoms with Gasteiger partial charge in [0.05, 0.1) is 11.6 Å². The van der Waals surface area contributed by atoms with Crippen molar-refractivity contribution >= 4 is 11.6 Å². The van der Waals surface area contributed by atoms with Crippen molar-refractivity contribution in [1.82, 2.24) is 9.97 Å². The molecule has 0 saturated heterocycles. The fourth-order valence-electron chi connectivity index (χ4n) is 1.38. The second kappa shape index (κ2) is 5.27. The van der Waals surface area contributed by atoms with Gasteiger partial charge in [-0.05, 0) is 25.1 Å². The van der Waals surface area contributed by atoms with Crippen LogP contribution in [0.3, 0.4) is 0 Å². The van der Waals surface area contributed by atoms with Gasteiger partial charge in [-0.25, -0.2) is 9.37 Å². The number of ether oxygens (including phenoxy) is 1. The Labute approximate surface area is 107 Å². The molecule has 0 amide bonds. The van der Waals surface area contributed by atoms with Crippen molar-refractivity contribution in [3.05, 3.63) is 47.3 Å². The quantitative estimate of drug-likeness (QED) is 0.800. The van der Waals surface area contributed by atoms with Gasteiger partial charge in [0, 0.05) is 5.69 Å². The van der Waals surface area contributed by atoms with Crippen molar-refractivity contribution in [1.29, 1.82) is 0 Å². The maximum absolute atomic E-state index is 13.4. The molecule has 0 atom stereocenters. The first kappa shape index (κ1) is 12.7. The molecule has 2 rings (SSSR count). The van der Waals surface area contributed by atoms with Crippen molar-refractivity contribution in [3.8, 4) is 11.8 Å². The zero-order chi connectivity index (χ0) is 13.1. The van der Waals surface area contributed by atoms with E-state index in [1.807, 2.05) is 0 Å². The highest BCUT2D eigenvalue weighted by molar-refractivity contribution is 6.16. The lowest BCUT2D eigenvalue weighted by Crippen LogP contribution is -1.99. The summed E-state index contributed by atoms with van der Waals surface area (Å²) in [4.78, 5) is 7.93. The molecule has 1 aromatic heterocycles. The lowest BCUT2D eigenvalue weighted by Gasteiger charge is -2.07. The maximum atomic E-state index is 13.4. The van der Waals surface area contributed by atoms with Gasteiger partial charge >= 0.3 is 6.01 Å². The molecule has 2 aromatic rings. The predicted octanol–water partition coefficient (Wildman–Crippen LogP) is 3.59. The molecule has 0 saturated carbocycles. The molecule has 1 heterocycles. The van der Waals surface area contributed by atoms with E-state index in [1.54, 1.807) is 13.0 Å². The monoisotopic (exact) mass is 270 g/mol. The first-order valence-electron chi connectivity index (χ1n) is 5.12. The Morgan fingerprint density at radius 3 is 2.78 bits per heavy atom. The van der Waals surface area contributed by atoms with Gasteiger partial charge in [-0.15, -0.1) is 11.6 Å². The van der Waals surface area contributed by atoms with Crippen molar-refractivity contribution in [2.24, 2.45) is 0 Å². The molecule has 0 fully saturated rings. The standard InChI is InChI=1S/C12H9ClF2N2O/c1-7-5-8(6-13)17-12(16-7)18-10-4-2-3-9(14)11(10)15/h2-5H,6H2,1H3. The van der Waals surface area contributed by atoms with E-state index in [9.17, 15) is 8.78 Å². The lowest BCUT2D eigenvalue weighted by atomic mass is 10.3.